The van der Waals surface area contributed by atoms with E-state index in [-0.39, 0.29) is 31.0 Å². The summed E-state index contributed by atoms with van der Waals surface area (Å²) in [5, 5.41) is 0. The lowest BCUT2D eigenvalue weighted by Crippen LogP contribution is -2.60. The number of benzene rings is 2. The summed E-state index contributed by atoms with van der Waals surface area (Å²) in [6, 6.07) is 17.7. The first kappa shape index (κ1) is 22.0. The summed E-state index contributed by atoms with van der Waals surface area (Å²) in [6.45, 7) is 5.08. The van der Waals surface area contributed by atoms with Crippen LogP contribution in [0, 0.1) is 11.8 Å². The molecule has 6 nitrogen and oxygen atoms in total. The maximum absolute atomic E-state index is 12.4. The van der Waals surface area contributed by atoms with Gasteiger partial charge in [0, 0.05) is 25.6 Å². The van der Waals surface area contributed by atoms with Crippen LogP contribution in [0.15, 0.2) is 60.7 Å². The van der Waals surface area contributed by atoms with Crippen LogP contribution in [-0.2, 0) is 18.9 Å². The van der Waals surface area contributed by atoms with Gasteiger partial charge in [-0.3, -0.25) is 0 Å². The van der Waals surface area contributed by atoms with Crippen LogP contribution in [0.4, 0.5) is 0 Å². The molecule has 0 heterocycles. The van der Waals surface area contributed by atoms with Gasteiger partial charge in [-0.15, -0.1) is 0 Å². The molecule has 0 radical (unpaired) electrons. The molecular weight excluding hydrogens is 384 g/mol. The first-order valence-electron chi connectivity index (χ1n) is 10.3. The Morgan fingerprint density at radius 1 is 0.800 bits per heavy atom. The summed E-state index contributed by atoms with van der Waals surface area (Å²) in [5.41, 5.74) is 0.993. The fourth-order valence-corrected chi connectivity index (χ4v) is 3.82. The van der Waals surface area contributed by atoms with E-state index < -0.39 is 11.8 Å². The molecule has 2 aromatic carbocycles. The predicted molar refractivity (Wildman–Crippen MR) is 111 cm³/mol. The summed E-state index contributed by atoms with van der Waals surface area (Å²) >= 11 is 0. The van der Waals surface area contributed by atoms with Crippen molar-refractivity contribution < 1.29 is 28.5 Å². The normalized spacial score (nSPS) is 19.5. The van der Waals surface area contributed by atoms with Gasteiger partial charge in [0.05, 0.1) is 23.7 Å². The first-order chi connectivity index (χ1) is 14.6. The van der Waals surface area contributed by atoms with Gasteiger partial charge in [-0.25, -0.2) is 9.59 Å². The zero-order valence-corrected chi connectivity index (χ0v) is 17.4. The van der Waals surface area contributed by atoms with Crippen molar-refractivity contribution in [1.29, 1.82) is 0 Å². The highest BCUT2D eigenvalue weighted by molar-refractivity contribution is 5.89. The quantitative estimate of drug-likeness (QED) is 0.432. The minimum absolute atomic E-state index is 0.0284. The van der Waals surface area contributed by atoms with E-state index >= 15 is 0 Å². The second-order valence-electron chi connectivity index (χ2n) is 7.18. The van der Waals surface area contributed by atoms with Gasteiger partial charge in [0.15, 0.2) is 5.79 Å². The minimum Gasteiger partial charge on any atom is -0.462 e. The molecule has 0 spiro atoms. The molecule has 30 heavy (non-hydrogen) atoms. The highest BCUT2D eigenvalue weighted by atomic mass is 16.7. The van der Waals surface area contributed by atoms with Crippen LogP contribution < -0.4 is 0 Å². The van der Waals surface area contributed by atoms with Gasteiger partial charge in [0.25, 0.3) is 0 Å². The van der Waals surface area contributed by atoms with Crippen molar-refractivity contribution in [2.24, 2.45) is 11.8 Å². The van der Waals surface area contributed by atoms with Gasteiger partial charge in [-0.2, -0.15) is 0 Å². The van der Waals surface area contributed by atoms with Crippen molar-refractivity contribution in [3.63, 3.8) is 0 Å². The number of ether oxygens (including phenoxy) is 4. The Hall–Kier alpha value is -2.70. The number of esters is 2. The molecule has 3 rings (SSSR count). The number of carbonyl (C=O) groups excluding carboxylic acids is 2. The molecule has 0 aromatic heterocycles. The van der Waals surface area contributed by atoms with Gasteiger partial charge in [-0.1, -0.05) is 36.4 Å². The molecule has 2 aromatic rings. The summed E-state index contributed by atoms with van der Waals surface area (Å²) in [4.78, 5) is 24.7. The molecule has 0 saturated heterocycles. The predicted octanol–water partition coefficient (Wildman–Crippen LogP) is 4.11. The van der Waals surface area contributed by atoms with Gasteiger partial charge >= 0.3 is 11.9 Å². The largest absolute Gasteiger partial charge is 0.462 e. The van der Waals surface area contributed by atoms with Crippen molar-refractivity contribution in [2.75, 3.05) is 26.4 Å². The fourth-order valence-electron chi connectivity index (χ4n) is 3.82. The molecule has 160 valence electrons. The van der Waals surface area contributed by atoms with E-state index in [1.807, 2.05) is 26.0 Å². The third-order valence-electron chi connectivity index (χ3n) is 5.30. The minimum atomic E-state index is -0.829. The van der Waals surface area contributed by atoms with E-state index in [0.717, 1.165) is 0 Å². The zero-order valence-electron chi connectivity index (χ0n) is 17.4. The van der Waals surface area contributed by atoms with Crippen molar-refractivity contribution in [2.45, 2.75) is 26.1 Å². The van der Waals surface area contributed by atoms with E-state index in [4.69, 9.17) is 18.9 Å². The van der Waals surface area contributed by atoms with Crippen LogP contribution in [0.25, 0.3) is 0 Å². The maximum atomic E-state index is 12.4. The molecule has 0 bridgehead atoms. The van der Waals surface area contributed by atoms with Crippen LogP contribution in [-0.4, -0.2) is 44.2 Å². The Bertz CT molecular complexity index is 814. The molecule has 0 N–H and O–H groups in total. The molecule has 6 heteroatoms. The molecule has 2 atom stereocenters. The average Bonchev–Trinajstić information content (AvgIpc) is 2.77. The second kappa shape index (κ2) is 10.4. The fraction of sp³-hybridized carbons (Fsp3) is 0.417. The number of hydrogen-bond acceptors (Lipinski definition) is 6. The topological polar surface area (TPSA) is 71.1 Å². The number of hydrogen-bond donors (Lipinski definition) is 0. The Kier molecular flexibility index (Phi) is 7.60. The molecule has 1 aliphatic rings. The Morgan fingerprint density at radius 2 is 1.27 bits per heavy atom. The summed E-state index contributed by atoms with van der Waals surface area (Å²) in [6.07, 6.45) is 0.574. The highest BCUT2D eigenvalue weighted by Crippen LogP contribution is 2.48. The molecule has 1 saturated carbocycles. The molecule has 0 aliphatic heterocycles. The molecule has 1 aliphatic carbocycles. The standard InChI is InChI=1S/C24H28O6/c1-3-29-24(30-4-2)15-20(16-27-22(25)18-11-7-5-8-12-18)21(24)17-28-23(26)19-13-9-6-10-14-19/h5-14,20-21H,3-4,15-17H2,1-2H3/t20-,21-/m1/s1. The maximum Gasteiger partial charge on any atom is 0.338 e. The van der Waals surface area contributed by atoms with Crippen molar-refractivity contribution in [1.82, 2.24) is 0 Å². The Balaban J connectivity index is 1.64. The Labute approximate surface area is 177 Å². The van der Waals surface area contributed by atoms with Crippen LogP contribution in [0.2, 0.25) is 0 Å². The van der Waals surface area contributed by atoms with Crippen LogP contribution in [0.5, 0.6) is 0 Å². The van der Waals surface area contributed by atoms with Gasteiger partial charge < -0.3 is 18.9 Å². The van der Waals surface area contributed by atoms with E-state index in [1.165, 1.54) is 0 Å². The zero-order chi connectivity index (χ0) is 21.4. The third-order valence-corrected chi connectivity index (χ3v) is 5.30. The molecule has 1 fully saturated rings. The van der Waals surface area contributed by atoms with E-state index in [0.29, 0.717) is 30.8 Å². The monoisotopic (exact) mass is 412 g/mol. The van der Waals surface area contributed by atoms with Gasteiger partial charge in [-0.05, 0) is 38.1 Å². The average molecular weight is 412 g/mol. The lowest BCUT2D eigenvalue weighted by atomic mass is 9.68. The second-order valence-corrected chi connectivity index (χ2v) is 7.18. The lowest BCUT2D eigenvalue weighted by Gasteiger charge is -2.52. The van der Waals surface area contributed by atoms with Crippen LogP contribution >= 0.6 is 0 Å². The number of carbonyl (C=O) groups is 2. The SMILES string of the molecule is CCOC1(OCC)C[C@H](COC(=O)c2ccccc2)[C@H]1COC(=O)c1ccccc1. The summed E-state index contributed by atoms with van der Waals surface area (Å²) in [7, 11) is 0. The van der Waals surface area contributed by atoms with Gasteiger partial charge in [0.1, 0.15) is 6.61 Å². The van der Waals surface area contributed by atoms with E-state index in [9.17, 15) is 9.59 Å². The van der Waals surface area contributed by atoms with Gasteiger partial charge in [0.2, 0.25) is 0 Å². The summed E-state index contributed by atoms with van der Waals surface area (Å²) in [5.74, 6) is -1.86. The highest BCUT2D eigenvalue weighted by Gasteiger charge is 2.57. The molecule has 0 unspecified atom stereocenters. The van der Waals surface area contributed by atoms with Crippen molar-refractivity contribution in [3.8, 4) is 0 Å². The lowest BCUT2D eigenvalue weighted by molar-refractivity contribution is -0.336. The van der Waals surface area contributed by atoms with Crippen LogP contribution in [0.1, 0.15) is 41.0 Å². The van der Waals surface area contributed by atoms with Crippen molar-refractivity contribution >= 4 is 11.9 Å². The van der Waals surface area contributed by atoms with E-state index in [2.05, 4.69) is 0 Å². The molecular formula is C24H28O6. The first-order valence-corrected chi connectivity index (χ1v) is 10.3. The van der Waals surface area contributed by atoms with E-state index in [1.54, 1.807) is 48.5 Å². The number of rotatable bonds is 10. The molecule has 0 amide bonds. The Morgan fingerprint density at radius 3 is 1.73 bits per heavy atom. The van der Waals surface area contributed by atoms with Crippen molar-refractivity contribution in [3.05, 3.63) is 71.8 Å². The van der Waals surface area contributed by atoms with Crippen LogP contribution in [0.3, 0.4) is 0 Å². The third kappa shape index (κ3) is 5.07. The smallest absolute Gasteiger partial charge is 0.338 e. The summed E-state index contributed by atoms with van der Waals surface area (Å²) < 4.78 is 22.9.